The fourth-order valence-corrected chi connectivity index (χ4v) is 3.62. The molecule has 2 aromatic rings. The average molecular weight is 389 g/mol. The summed E-state index contributed by atoms with van der Waals surface area (Å²) in [6, 6.07) is 10.7. The number of hydrogen-bond donors (Lipinski definition) is 4. The third-order valence-electron chi connectivity index (χ3n) is 4.85. The molecule has 4 N–H and O–H groups in total. The zero-order valence-corrected chi connectivity index (χ0v) is 14.9. The van der Waals surface area contributed by atoms with Crippen molar-refractivity contribution in [3.63, 3.8) is 0 Å². The average Bonchev–Trinajstić information content (AvgIpc) is 2.65. The van der Waals surface area contributed by atoms with Crippen LogP contribution in [0.1, 0.15) is 23.7 Å². The molecule has 0 saturated heterocycles. The molecule has 4 rings (SSSR count). The quantitative estimate of drug-likeness (QED) is 0.623. The van der Waals surface area contributed by atoms with E-state index in [2.05, 4.69) is 10.6 Å². The second kappa shape index (κ2) is 6.53. The minimum Gasteiger partial charge on any atom is -0.491 e. The van der Waals surface area contributed by atoms with Gasteiger partial charge in [-0.1, -0.05) is 29.8 Å². The van der Waals surface area contributed by atoms with Crippen molar-refractivity contribution in [2.75, 3.05) is 11.9 Å². The number of halogens is 1. The van der Waals surface area contributed by atoms with Crippen LogP contribution in [0.15, 0.2) is 42.5 Å². The Morgan fingerprint density at radius 2 is 2.07 bits per heavy atom. The van der Waals surface area contributed by atoms with Crippen molar-refractivity contribution in [3.05, 3.63) is 58.6 Å². The van der Waals surface area contributed by atoms with Crippen molar-refractivity contribution in [3.8, 4) is 5.75 Å². The molecular weight excluding hydrogens is 372 g/mol. The first-order valence-corrected chi connectivity index (χ1v) is 8.79. The number of rotatable bonds is 2. The molecule has 2 aliphatic rings. The number of aliphatic hydroxyl groups excluding tert-OH is 1. The van der Waals surface area contributed by atoms with Crippen LogP contribution in [-0.4, -0.2) is 34.7 Å². The molecule has 140 valence electrons. The van der Waals surface area contributed by atoms with Crippen LogP contribution in [0.3, 0.4) is 0 Å². The summed E-state index contributed by atoms with van der Waals surface area (Å²) in [6.07, 6.45) is -1.45. The first-order chi connectivity index (χ1) is 12.9. The van der Waals surface area contributed by atoms with Crippen LogP contribution >= 0.6 is 11.6 Å². The molecule has 0 spiro atoms. The van der Waals surface area contributed by atoms with Gasteiger partial charge >= 0.3 is 0 Å². The lowest BCUT2D eigenvalue weighted by atomic mass is 9.84. The van der Waals surface area contributed by atoms with Gasteiger partial charge in [-0.15, -0.1) is 0 Å². The molecule has 0 aliphatic carbocycles. The zero-order valence-electron chi connectivity index (χ0n) is 14.1. The van der Waals surface area contributed by atoms with E-state index in [9.17, 15) is 19.8 Å². The lowest BCUT2D eigenvalue weighted by molar-refractivity contribution is -0.147. The molecule has 0 aromatic heterocycles. The van der Waals surface area contributed by atoms with Crippen molar-refractivity contribution in [1.29, 1.82) is 0 Å². The molecule has 0 radical (unpaired) electrons. The molecule has 2 aromatic carbocycles. The van der Waals surface area contributed by atoms with Gasteiger partial charge < -0.3 is 25.6 Å². The molecule has 0 bridgehead atoms. The third-order valence-corrected chi connectivity index (χ3v) is 5.08. The topological polar surface area (TPSA) is 108 Å². The van der Waals surface area contributed by atoms with Gasteiger partial charge in [0.2, 0.25) is 5.91 Å². The summed E-state index contributed by atoms with van der Waals surface area (Å²) in [7, 11) is 0. The molecule has 2 aliphatic heterocycles. The molecule has 3 unspecified atom stereocenters. The summed E-state index contributed by atoms with van der Waals surface area (Å²) in [6.45, 7) is 0.0363. The largest absolute Gasteiger partial charge is 0.491 e. The van der Waals surface area contributed by atoms with Gasteiger partial charge in [0.15, 0.2) is 5.60 Å². The number of ether oxygens (including phenoxy) is 1. The second-order valence-corrected chi connectivity index (χ2v) is 7.09. The van der Waals surface area contributed by atoms with Crippen LogP contribution in [0, 0.1) is 0 Å². The monoisotopic (exact) mass is 388 g/mol. The van der Waals surface area contributed by atoms with Crippen LogP contribution < -0.4 is 15.4 Å². The van der Waals surface area contributed by atoms with E-state index in [4.69, 9.17) is 16.3 Å². The van der Waals surface area contributed by atoms with Gasteiger partial charge in [0.25, 0.3) is 5.91 Å². The Hall–Kier alpha value is -2.61. The number of hydrogen-bond acceptors (Lipinski definition) is 5. The van der Waals surface area contributed by atoms with E-state index in [1.807, 2.05) is 0 Å². The second-order valence-electron chi connectivity index (χ2n) is 6.65. The van der Waals surface area contributed by atoms with Gasteiger partial charge in [-0.2, -0.15) is 0 Å². The highest BCUT2D eigenvalue weighted by Gasteiger charge is 2.46. The summed E-state index contributed by atoms with van der Waals surface area (Å²) in [4.78, 5) is 24.9. The standard InChI is InChI=1S/C19H17ClN2O5/c20-10-5-6-13-12(7-10)19(26,8-16(23)21-13)18(25)22-14-9-27-15-4-2-1-3-11(15)17(14)24/h1-7,14,17,24,26H,8-9H2,(H,21,23)(H,22,25). The number of anilines is 1. The first kappa shape index (κ1) is 17.8. The van der Waals surface area contributed by atoms with Crippen LogP contribution in [0.2, 0.25) is 5.02 Å². The molecular formula is C19H17ClN2O5. The maximum Gasteiger partial charge on any atom is 0.257 e. The summed E-state index contributed by atoms with van der Waals surface area (Å²) in [5.74, 6) is -0.746. The predicted octanol–water partition coefficient (Wildman–Crippen LogP) is 1.48. The minimum atomic E-state index is -2.10. The number of para-hydroxylation sites is 1. The number of carbonyl (C=O) groups is 2. The Balaban J connectivity index is 1.62. The molecule has 27 heavy (non-hydrogen) atoms. The Labute approximate surface area is 159 Å². The Morgan fingerprint density at radius 3 is 2.89 bits per heavy atom. The molecule has 3 atom stereocenters. The number of amides is 2. The van der Waals surface area contributed by atoms with Crippen LogP contribution in [0.5, 0.6) is 5.75 Å². The third kappa shape index (κ3) is 3.03. The lowest BCUT2D eigenvalue weighted by Crippen LogP contribution is -2.55. The van der Waals surface area contributed by atoms with Gasteiger partial charge in [-0.05, 0) is 24.3 Å². The number of aliphatic hydroxyl groups is 2. The van der Waals surface area contributed by atoms with E-state index >= 15 is 0 Å². The van der Waals surface area contributed by atoms with Crippen molar-refractivity contribution < 1.29 is 24.5 Å². The van der Waals surface area contributed by atoms with E-state index in [-0.39, 0.29) is 12.2 Å². The Bertz CT molecular complexity index is 934. The fourth-order valence-electron chi connectivity index (χ4n) is 3.44. The van der Waals surface area contributed by atoms with Crippen LogP contribution in [0.25, 0.3) is 0 Å². The number of benzene rings is 2. The maximum atomic E-state index is 12.9. The van der Waals surface area contributed by atoms with Gasteiger partial charge in [-0.25, -0.2) is 0 Å². The predicted molar refractivity (Wildman–Crippen MR) is 97.4 cm³/mol. The lowest BCUT2D eigenvalue weighted by Gasteiger charge is -2.36. The van der Waals surface area contributed by atoms with Crippen LogP contribution in [0.4, 0.5) is 5.69 Å². The Kier molecular flexibility index (Phi) is 4.30. The van der Waals surface area contributed by atoms with E-state index in [1.165, 1.54) is 12.1 Å². The molecule has 0 saturated carbocycles. The normalized spacial score (nSPS) is 26.3. The fraction of sp³-hybridized carbons (Fsp3) is 0.263. The Morgan fingerprint density at radius 1 is 1.30 bits per heavy atom. The summed E-state index contributed by atoms with van der Waals surface area (Å²) < 4.78 is 5.58. The van der Waals surface area contributed by atoms with Crippen molar-refractivity contribution in [2.45, 2.75) is 24.2 Å². The van der Waals surface area contributed by atoms with E-state index in [0.717, 1.165) is 0 Å². The summed E-state index contributed by atoms with van der Waals surface area (Å²) >= 11 is 6.00. The van der Waals surface area contributed by atoms with Crippen molar-refractivity contribution in [2.24, 2.45) is 0 Å². The van der Waals surface area contributed by atoms with Gasteiger partial charge in [0.1, 0.15) is 18.5 Å². The van der Waals surface area contributed by atoms with E-state index in [0.29, 0.717) is 22.0 Å². The highest BCUT2D eigenvalue weighted by atomic mass is 35.5. The van der Waals surface area contributed by atoms with E-state index < -0.39 is 36.0 Å². The molecule has 7 nitrogen and oxygen atoms in total. The van der Waals surface area contributed by atoms with Crippen LogP contribution in [-0.2, 0) is 15.2 Å². The number of carbonyl (C=O) groups excluding carboxylic acids is 2. The summed E-state index contributed by atoms with van der Waals surface area (Å²) in [5.41, 5.74) is -1.03. The van der Waals surface area contributed by atoms with Gasteiger partial charge in [0.05, 0.1) is 12.5 Å². The van der Waals surface area contributed by atoms with Crippen molar-refractivity contribution in [1.82, 2.24) is 5.32 Å². The first-order valence-electron chi connectivity index (χ1n) is 8.41. The molecule has 2 heterocycles. The van der Waals surface area contributed by atoms with E-state index in [1.54, 1.807) is 30.3 Å². The smallest absolute Gasteiger partial charge is 0.257 e. The molecule has 2 amide bonds. The van der Waals surface area contributed by atoms with Gasteiger partial charge in [0, 0.05) is 21.8 Å². The highest BCUT2D eigenvalue weighted by molar-refractivity contribution is 6.30. The minimum absolute atomic E-state index is 0.0363. The van der Waals surface area contributed by atoms with Gasteiger partial charge in [-0.3, -0.25) is 9.59 Å². The number of nitrogens with one attached hydrogen (secondary N) is 2. The van der Waals surface area contributed by atoms with Crippen molar-refractivity contribution >= 4 is 29.1 Å². The SMILES string of the molecule is O=C1CC(O)(C(=O)NC2COc3ccccc3C2O)c2cc(Cl)ccc2N1. The maximum absolute atomic E-state index is 12.9. The number of fused-ring (bicyclic) bond motifs is 2. The summed E-state index contributed by atoms with van der Waals surface area (Å²) in [5, 5.41) is 27.2. The highest BCUT2D eigenvalue weighted by Crippen LogP contribution is 2.38. The molecule has 0 fully saturated rings. The molecule has 8 heteroatoms. The zero-order chi connectivity index (χ0) is 19.2.